The Morgan fingerprint density at radius 2 is 2.13 bits per heavy atom. The number of nitrogens with two attached hydrogens (primary N) is 1. The molecule has 2 N–H and O–H groups in total. The van der Waals surface area contributed by atoms with Gasteiger partial charge in [0.15, 0.2) is 0 Å². The first-order chi connectivity index (χ1) is 7.10. The third-order valence-electron chi connectivity index (χ3n) is 3.48. The minimum atomic E-state index is -0.458. The van der Waals surface area contributed by atoms with Gasteiger partial charge in [-0.25, -0.2) is 0 Å². The monoisotopic (exact) mass is 226 g/mol. The molecule has 0 unspecified atom stereocenters. The van der Waals surface area contributed by atoms with Crippen LogP contribution >= 0.6 is 12.2 Å². The standard InChI is InChI=1S/C11H18N2OS/c1-2-13(7-8-3-4-8)10(14)11(5-6-11)9(12)15/h8H,2-7H2,1H3,(H2,12,15). The zero-order valence-electron chi connectivity index (χ0n) is 9.16. The third kappa shape index (κ3) is 2.00. The van der Waals surface area contributed by atoms with Crippen molar-refractivity contribution in [2.75, 3.05) is 13.1 Å². The summed E-state index contributed by atoms with van der Waals surface area (Å²) in [7, 11) is 0. The Morgan fingerprint density at radius 3 is 2.47 bits per heavy atom. The van der Waals surface area contributed by atoms with E-state index in [4.69, 9.17) is 18.0 Å². The van der Waals surface area contributed by atoms with Crippen molar-refractivity contribution in [3.8, 4) is 0 Å². The van der Waals surface area contributed by atoms with Gasteiger partial charge in [0.2, 0.25) is 5.91 Å². The van der Waals surface area contributed by atoms with E-state index in [1.807, 2.05) is 11.8 Å². The predicted octanol–water partition coefficient (Wildman–Crippen LogP) is 1.31. The van der Waals surface area contributed by atoms with E-state index >= 15 is 0 Å². The molecule has 2 fully saturated rings. The minimum Gasteiger partial charge on any atom is -0.392 e. The number of amides is 1. The second kappa shape index (κ2) is 3.74. The van der Waals surface area contributed by atoms with Crippen LogP contribution in [0.4, 0.5) is 0 Å². The van der Waals surface area contributed by atoms with Crippen LogP contribution in [0.2, 0.25) is 0 Å². The lowest BCUT2D eigenvalue weighted by Gasteiger charge is -2.25. The highest BCUT2D eigenvalue weighted by molar-refractivity contribution is 7.80. The largest absolute Gasteiger partial charge is 0.392 e. The number of rotatable bonds is 5. The van der Waals surface area contributed by atoms with Crippen molar-refractivity contribution in [1.29, 1.82) is 0 Å². The van der Waals surface area contributed by atoms with Crippen LogP contribution < -0.4 is 5.73 Å². The summed E-state index contributed by atoms with van der Waals surface area (Å²) >= 11 is 5.00. The smallest absolute Gasteiger partial charge is 0.235 e. The Hall–Kier alpha value is -0.640. The molecule has 15 heavy (non-hydrogen) atoms. The molecule has 1 amide bonds. The van der Waals surface area contributed by atoms with Crippen LogP contribution in [-0.4, -0.2) is 28.9 Å². The fourth-order valence-electron chi connectivity index (χ4n) is 1.96. The fraction of sp³-hybridized carbons (Fsp3) is 0.818. The van der Waals surface area contributed by atoms with E-state index in [1.54, 1.807) is 0 Å². The van der Waals surface area contributed by atoms with Gasteiger partial charge in [0, 0.05) is 13.1 Å². The molecule has 0 spiro atoms. The van der Waals surface area contributed by atoms with E-state index in [9.17, 15) is 4.79 Å². The molecule has 0 saturated heterocycles. The summed E-state index contributed by atoms with van der Waals surface area (Å²) in [6.45, 7) is 3.70. The van der Waals surface area contributed by atoms with Crippen LogP contribution in [0.15, 0.2) is 0 Å². The third-order valence-corrected chi connectivity index (χ3v) is 3.87. The average molecular weight is 226 g/mol. The van der Waals surface area contributed by atoms with Crippen molar-refractivity contribution in [1.82, 2.24) is 4.90 Å². The summed E-state index contributed by atoms with van der Waals surface area (Å²) in [6.07, 6.45) is 4.23. The first-order valence-corrected chi connectivity index (χ1v) is 6.10. The van der Waals surface area contributed by atoms with Crippen LogP contribution in [0.5, 0.6) is 0 Å². The van der Waals surface area contributed by atoms with Crippen molar-refractivity contribution in [2.24, 2.45) is 17.1 Å². The molecule has 2 aliphatic rings. The van der Waals surface area contributed by atoms with Crippen LogP contribution in [0, 0.1) is 11.3 Å². The second-order valence-electron chi connectivity index (χ2n) is 4.73. The quantitative estimate of drug-likeness (QED) is 0.719. The van der Waals surface area contributed by atoms with E-state index in [-0.39, 0.29) is 5.91 Å². The van der Waals surface area contributed by atoms with Gasteiger partial charge in [-0.05, 0) is 38.5 Å². The number of carbonyl (C=O) groups is 1. The molecule has 3 nitrogen and oxygen atoms in total. The maximum absolute atomic E-state index is 12.2. The van der Waals surface area contributed by atoms with Gasteiger partial charge < -0.3 is 10.6 Å². The fourth-order valence-corrected chi connectivity index (χ4v) is 2.25. The molecule has 4 heteroatoms. The SMILES string of the molecule is CCN(CC1CC1)C(=O)C1(C(N)=S)CC1. The molecule has 0 radical (unpaired) electrons. The maximum atomic E-state index is 12.2. The van der Waals surface area contributed by atoms with Crippen molar-refractivity contribution in [2.45, 2.75) is 32.6 Å². The number of carbonyl (C=O) groups excluding carboxylic acids is 1. The zero-order valence-corrected chi connectivity index (χ0v) is 9.98. The second-order valence-corrected chi connectivity index (χ2v) is 5.17. The molecule has 0 atom stereocenters. The molecule has 0 aromatic carbocycles. The zero-order chi connectivity index (χ0) is 11.1. The van der Waals surface area contributed by atoms with Gasteiger partial charge in [-0.15, -0.1) is 0 Å². The van der Waals surface area contributed by atoms with Crippen LogP contribution in [0.1, 0.15) is 32.6 Å². The summed E-state index contributed by atoms with van der Waals surface area (Å²) in [6, 6.07) is 0. The molecule has 0 aliphatic heterocycles. The van der Waals surface area contributed by atoms with Crippen LogP contribution in [0.3, 0.4) is 0 Å². The van der Waals surface area contributed by atoms with Gasteiger partial charge in [-0.2, -0.15) is 0 Å². The normalized spacial score (nSPS) is 22.2. The first-order valence-electron chi connectivity index (χ1n) is 5.69. The molecule has 0 bridgehead atoms. The van der Waals surface area contributed by atoms with Gasteiger partial charge in [-0.1, -0.05) is 12.2 Å². The lowest BCUT2D eigenvalue weighted by atomic mass is 10.1. The Kier molecular flexibility index (Phi) is 2.71. The molecular weight excluding hydrogens is 208 g/mol. The molecule has 0 aromatic rings. The van der Waals surface area contributed by atoms with Gasteiger partial charge >= 0.3 is 0 Å². The lowest BCUT2D eigenvalue weighted by molar-refractivity contribution is -0.134. The number of hydrogen-bond donors (Lipinski definition) is 1. The molecule has 2 rings (SSSR count). The topological polar surface area (TPSA) is 46.3 Å². The van der Waals surface area contributed by atoms with E-state index in [0.29, 0.717) is 4.99 Å². The van der Waals surface area contributed by atoms with Crippen molar-refractivity contribution in [3.63, 3.8) is 0 Å². The Balaban J connectivity index is 2.00. The van der Waals surface area contributed by atoms with Crippen LogP contribution in [-0.2, 0) is 4.79 Å². The molecule has 84 valence electrons. The Bertz CT molecular complexity index is 295. The van der Waals surface area contributed by atoms with E-state index in [0.717, 1.165) is 31.8 Å². The summed E-state index contributed by atoms with van der Waals surface area (Å²) in [5, 5.41) is 0. The summed E-state index contributed by atoms with van der Waals surface area (Å²) < 4.78 is 0. The van der Waals surface area contributed by atoms with Gasteiger partial charge in [0.25, 0.3) is 0 Å². The predicted molar refractivity (Wildman–Crippen MR) is 63.4 cm³/mol. The minimum absolute atomic E-state index is 0.171. The lowest BCUT2D eigenvalue weighted by Crippen LogP contribution is -2.43. The highest BCUT2D eigenvalue weighted by Crippen LogP contribution is 2.48. The van der Waals surface area contributed by atoms with Gasteiger partial charge in [-0.3, -0.25) is 4.79 Å². The first kappa shape index (κ1) is 10.9. The molecule has 2 saturated carbocycles. The van der Waals surface area contributed by atoms with E-state index in [2.05, 4.69) is 0 Å². The molecule has 0 aromatic heterocycles. The van der Waals surface area contributed by atoms with E-state index < -0.39 is 5.41 Å². The summed E-state index contributed by atoms with van der Waals surface area (Å²) in [5.41, 5.74) is 5.20. The summed E-state index contributed by atoms with van der Waals surface area (Å²) in [5.74, 6) is 0.903. The van der Waals surface area contributed by atoms with Crippen molar-refractivity contribution in [3.05, 3.63) is 0 Å². The molecule has 0 heterocycles. The van der Waals surface area contributed by atoms with Gasteiger partial charge in [0.1, 0.15) is 0 Å². The summed E-state index contributed by atoms with van der Waals surface area (Å²) in [4.78, 5) is 14.5. The number of thiocarbonyl (C=S) groups is 1. The Labute approximate surface area is 96.0 Å². The highest BCUT2D eigenvalue weighted by atomic mass is 32.1. The molecular formula is C11H18N2OS. The number of nitrogens with zero attached hydrogens (tertiary/aromatic N) is 1. The highest BCUT2D eigenvalue weighted by Gasteiger charge is 2.54. The van der Waals surface area contributed by atoms with Gasteiger partial charge in [0.05, 0.1) is 10.4 Å². The van der Waals surface area contributed by atoms with E-state index in [1.165, 1.54) is 12.8 Å². The number of hydrogen-bond acceptors (Lipinski definition) is 2. The molecule has 2 aliphatic carbocycles. The maximum Gasteiger partial charge on any atom is 0.235 e. The average Bonchev–Trinajstić information content (AvgIpc) is 3.05. The Morgan fingerprint density at radius 1 is 1.53 bits per heavy atom. The van der Waals surface area contributed by atoms with Crippen molar-refractivity contribution < 1.29 is 4.79 Å². The van der Waals surface area contributed by atoms with Crippen molar-refractivity contribution >= 4 is 23.1 Å². The van der Waals surface area contributed by atoms with Crippen LogP contribution in [0.25, 0.3) is 0 Å².